The number of amidine groups is 1. The van der Waals surface area contributed by atoms with Gasteiger partial charge in [-0.15, -0.1) is 0 Å². The van der Waals surface area contributed by atoms with Gasteiger partial charge in [-0.2, -0.15) is 8.78 Å². The zero-order valence-electron chi connectivity index (χ0n) is 9.77. The molecule has 0 bridgehead atoms. The van der Waals surface area contributed by atoms with Gasteiger partial charge in [-0.25, -0.2) is 4.99 Å². The maximum absolute atomic E-state index is 12.6. The van der Waals surface area contributed by atoms with Crippen molar-refractivity contribution in [2.75, 3.05) is 6.61 Å². The van der Waals surface area contributed by atoms with Crippen LogP contribution in [0.2, 0.25) is 0 Å². The standard InChI is InChI=1S/C12H12F2N2O2/c1-12(13,14)18-10-4-2-9(3-5-10)8-11-15-6-7-17-16-11/h2-6H,7-8H2,1H3. The highest BCUT2D eigenvalue weighted by molar-refractivity contribution is 5.91. The summed E-state index contributed by atoms with van der Waals surface area (Å²) >= 11 is 0. The van der Waals surface area contributed by atoms with E-state index in [1.165, 1.54) is 12.1 Å². The molecule has 18 heavy (non-hydrogen) atoms. The summed E-state index contributed by atoms with van der Waals surface area (Å²) in [5, 5.41) is 3.77. The summed E-state index contributed by atoms with van der Waals surface area (Å²) < 4.78 is 29.6. The van der Waals surface area contributed by atoms with Crippen LogP contribution >= 0.6 is 0 Å². The molecule has 0 unspecified atom stereocenters. The summed E-state index contributed by atoms with van der Waals surface area (Å²) in [6.07, 6.45) is -1.07. The minimum Gasteiger partial charge on any atom is -0.433 e. The highest BCUT2D eigenvalue weighted by Gasteiger charge is 2.22. The molecule has 4 nitrogen and oxygen atoms in total. The average Bonchev–Trinajstić information content (AvgIpc) is 2.31. The Labute approximate surface area is 103 Å². The van der Waals surface area contributed by atoms with Crippen LogP contribution < -0.4 is 4.74 Å². The van der Waals surface area contributed by atoms with Crippen LogP contribution in [0.25, 0.3) is 0 Å². The second kappa shape index (κ2) is 5.12. The van der Waals surface area contributed by atoms with Crippen molar-refractivity contribution in [3.8, 4) is 5.75 Å². The first-order valence-electron chi connectivity index (χ1n) is 5.40. The Balaban J connectivity index is 1.99. The number of hydrogen-bond donors (Lipinski definition) is 0. The number of oxime groups is 1. The van der Waals surface area contributed by atoms with Gasteiger partial charge in [0.25, 0.3) is 0 Å². The van der Waals surface area contributed by atoms with Gasteiger partial charge in [-0.1, -0.05) is 17.3 Å². The summed E-state index contributed by atoms with van der Waals surface area (Å²) in [7, 11) is 0. The molecule has 96 valence electrons. The molecule has 1 heterocycles. The molecule has 6 heteroatoms. The van der Waals surface area contributed by atoms with Gasteiger partial charge >= 0.3 is 6.11 Å². The van der Waals surface area contributed by atoms with Crippen LogP contribution in [0.3, 0.4) is 0 Å². The molecule has 0 saturated heterocycles. The van der Waals surface area contributed by atoms with E-state index in [0.717, 1.165) is 5.56 Å². The number of alkyl halides is 2. The van der Waals surface area contributed by atoms with E-state index in [2.05, 4.69) is 14.9 Å². The Morgan fingerprint density at radius 3 is 2.61 bits per heavy atom. The molecule has 0 spiro atoms. The topological polar surface area (TPSA) is 43.2 Å². The molecule has 0 amide bonds. The number of aliphatic imine (C=N–C) groups is 1. The first-order chi connectivity index (χ1) is 8.53. The molecule has 0 atom stereocenters. The summed E-state index contributed by atoms with van der Waals surface area (Å²) in [4.78, 5) is 8.91. The summed E-state index contributed by atoms with van der Waals surface area (Å²) in [6.45, 7) is 1.07. The van der Waals surface area contributed by atoms with Gasteiger partial charge in [-0.05, 0) is 17.7 Å². The highest BCUT2D eigenvalue weighted by atomic mass is 19.3. The molecule has 1 aliphatic rings. The molecule has 2 rings (SSSR count). The second-order valence-electron chi connectivity index (χ2n) is 3.85. The number of benzene rings is 1. The van der Waals surface area contributed by atoms with Crippen molar-refractivity contribution in [3.05, 3.63) is 29.8 Å². The van der Waals surface area contributed by atoms with Crippen LogP contribution in [-0.2, 0) is 11.3 Å². The summed E-state index contributed by atoms with van der Waals surface area (Å²) in [5.74, 6) is 0.673. The number of nitrogens with zero attached hydrogens (tertiary/aromatic N) is 2. The first-order valence-corrected chi connectivity index (χ1v) is 5.40. The Kier molecular flexibility index (Phi) is 3.55. The molecule has 1 aromatic rings. The van der Waals surface area contributed by atoms with E-state index in [0.29, 0.717) is 25.8 Å². The van der Waals surface area contributed by atoms with E-state index in [1.807, 2.05) is 0 Å². The van der Waals surface area contributed by atoms with Crippen molar-refractivity contribution in [2.45, 2.75) is 19.5 Å². The van der Waals surface area contributed by atoms with Crippen molar-refractivity contribution in [1.29, 1.82) is 0 Å². The Hall–Kier alpha value is -1.98. The van der Waals surface area contributed by atoms with E-state index < -0.39 is 6.11 Å². The Morgan fingerprint density at radius 2 is 2.06 bits per heavy atom. The molecular weight excluding hydrogens is 242 g/mol. The van der Waals surface area contributed by atoms with E-state index >= 15 is 0 Å². The summed E-state index contributed by atoms with van der Waals surface area (Å²) in [5.41, 5.74) is 0.892. The van der Waals surface area contributed by atoms with Crippen molar-refractivity contribution >= 4 is 12.1 Å². The first kappa shape index (κ1) is 12.5. The van der Waals surface area contributed by atoms with Crippen LogP contribution in [0.5, 0.6) is 5.75 Å². The van der Waals surface area contributed by atoms with E-state index in [9.17, 15) is 8.78 Å². The smallest absolute Gasteiger partial charge is 0.394 e. The predicted octanol–water partition coefficient (Wildman–Crippen LogP) is 2.64. The van der Waals surface area contributed by atoms with Crippen LogP contribution in [0, 0.1) is 0 Å². The molecule has 0 N–H and O–H groups in total. The monoisotopic (exact) mass is 254 g/mol. The average molecular weight is 254 g/mol. The molecule has 1 aliphatic heterocycles. The maximum atomic E-state index is 12.6. The molecule has 0 radical (unpaired) electrons. The fraction of sp³-hybridized carbons (Fsp3) is 0.333. The molecule has 0 aliphatic carbocycles. The highest BCUT2D eigenvalue weighted by Crippen LogP contribution is 2.21. The third-order valence-corrected chi connectivity index (χ3v) is 2.14. The van der Waals surface area contributed by atoms with Gasteiger partial charge in [0.05, 0.1) is 0 Å². The maximum Gasteiger partial charge on any atom is 0.394 e. The Morgan fingerprint density at radius 1 is 1.33 bits per heavy atom. The largest absolute Gasteiger partial charge is 0.433 e. The van der Waals surface area contributed by atoms with Gasteiger partial charge in [0.15, 0.2) is 12.4 Å². The predicted molar refractivity (Wildman–Crippen MR) is 63.3 cm³/mol. The third kappa shape index (κ3) is 3.80. The molecule has 0 saturated carbocycles. The molecular formula is C12H12F2N2O2. The SMILES string of the molecule is CC(F)(F)Oc1ccc(CC2=NOCC=N2)cc1. The lowest BCUT2D eigenvalue weighted by Gasteiger charge is -2.13. The van der Waals surface area contributed by atoms with E-state index in [4.69, 9.17) is 4.84 Å². The van der Waals surface area contributed by atoms with Crippen LogP contribution in [-0.4, -0.2) is 24.8 Å². The molecule has 1 aromatic carbocycles. The molecule has 0 aromatic heterocycles. The van der Waals surface area contributed by atoms with Crippen LogP contribution in [0.1, 0.15) is 12.5 Å². The zero-order chi connectivity index (χ0) is 13.0. The van der Waals surface area contributed by atoms with Gasteiger partial charge in [0.1, 0.15) is 5.75 Å². The lowest BCUT2D eigenvalue weighted by atomic mass is 10.1. The lowest BCUT2D eigenvalue weighted by Crippen LogP contribution is -2.19. The van der Waals surface area contributed by atoms with Gasteiger partial charge in [0, 0.05) is 19.6 Å². The minimum atomic E-state index is -3.17. The number of ether oxygens (including phenoxy) is 1. The van der Waals surface area contributed by atoms with Gasteiger partial charge in [0.2, 0.25) is 0 Å². The van der Waals surface area contributed by atoms with Crippen molar-refractivity contribution in [3.63, 3.8) is 0 Å². The van der Waals surface area contributed by atoms with Crippen molar-refractivity contribution < 1.29 is 18.4 Å². The zero-order valence-corrected chi connectivity index (χ0v) is 9.77. The van der Waals surface area contributed by atoms with E-state index in [-0.39, 0.29) is 5.75 Å². The second-order valence-corrected chi connectivity index (χ2v) is 3.85. The number of hydrogen-bond acceptors (Lipinski definition) is 4. The fourth-order valence-electron chi connectivity index (χ4n) is 1.45. The quantitative estimate of drug-likeness (QED) is 0.829. The van der Waals surface area contributed by atoms with Gasteiger partial charge in [-0.3, -0.25) is 0 Å². The van der Waals surface area contributed by atoms with E-state index in [1.54, 1.807) is 18.3 Å². The Bertz CT molecular complexity index is 464. The number of rotatable bonds is 4. The van der Waals surface area contributed by atoms with Crippen molar-refractivity contribution in [2.24, 2.45) is 10.1 Å². The lowest BCUT2D eigenvalue weighted by molar-refractivity contribution is -0.158. The van der Waals surface area contributed by atoms with Gasteiger partial charge < -0.3 is 9.57 Å². The normalized spacial score (nSPS) is 14.9. The molecule has 0 fully saturated rings. The third-order valence-electron chi connectivity index (χ3n) is 2.14. The van der Waals surface area contributed by atoms with Crippen LogP contribution in [0.4, 0.5) is 8.78 Å². The number of halogens is 2. The summed E-state index contributed by atoms with van der Waals surface area (Å²) in [6, 6.07) is 6.35. The minimum absolute atomic E-state index is 0.122. The van der Waals surface area contributed by atoms with Crippen molar-refractivity contribution in [1.82, 2.24) is 0 Å². The van der Waals surface area contributed by atoms with Crippen LogP contribution in [0.15, 0.2) is 34.4 Å². The fourth-order valence-corrected chi connectivity index (χ4v) is 1.45.